The van der Waals surface area contributed by atoms with E-state index in [9.17, 15) is 4.79 Å². The van der Waals surface area contributed by atoms with Gasteiger partial charge in [0.15, 0.2) is 5.96 Å². The van der Waals surface area contributed by atoms with Crippen LogP contribution < -0.4 is 25.4 Å². The third-order valence-electron chi connectivity index (χ3n) is 4.35. The highest BCUT2D eigenvalue weighted by Crippen LogP contribution is 2.24. The van der Waals surface area contributed by atoms with Crippen molar-refractivity contribution in [2.24, 2.45) is 4.99 Å². The molecule has 0 radical (unpaired) electrons. The van der Waals surface area contributed by atoms with Gasteiger partial charge in [0.05, 0.1) is 14.2 Å². The molecule has 8 heteroatoms. The Balaban J connectivity index is 0.00000450. The summed E-state index contributed by atoms with van der Waals surface area (Å²) in [4.78, 5) is 16.4. The minimum absolute atomic E-state index is 0. The number of ether oxygens (including phenoxy) is 2. The van der Waals surface area contributed by atoms with E-state index in [0.717, 1.165) is 29.0 Å². The number of guanidine groups is 1. The molecule has 0 aliphatic rings. The quantitative estimate of drug-likeness (QED) is 0.265. The Morgan fingerprint density at radius 3 is 2.43 bits per heavy atom. The fourth-order valence-electron chi connectivity index (χ4n) is 2.75. The van der Waals surface area contributed by atoms with Crippen molar-refractivity contribution < 1.29 is 14.3 Å². The monoisotopic (exact) mass is 526 g/mol. The largest absolute Gasteiger partial charge is 0.497 e. The molecule has 30 heavy (non-hydrogen) atoms. The van der Waals surface area contributed by atoms with E-state index in [0.29, 0.717) is 31.2 Å². The summed E-state index contributed by atoms with van der Waals surface area (Å²) < 4.78 is 10.7. The molecule has 0 fully saturated rings. The summed E-state index contributed by atoms with van der Waals surface area (Å²) in [5.74, 6) is 2.10. The smallest absolute Gasteiger partial charge is 0.251 e. The summed E-state index contributed by atoms with van der Waals surface area (Å²) in [6.45, 7) is 3.80. The zero-order valence-electron chi connectivity index (χ0n) is 18.0. The Morgan fingerprint density at radius 2 is 1.77 bits per heavy atom. The third-order valence-corrected chi connectivity index (χ3v) is 4.35. The number of hydrogen-bond donors (Lipinski definition) is 3. The fraction of sp³-hybridized carbons (Fsp3) is 0.364. The van der Waals surface area contributed by atoms with Crippen molar-refractivity contribution in [1.82, 2.24) is 16.0 Å². The topological polar surface area (TPSA) is 84.0 Å². The third kappa shape index (κ3) is 7.74. The highest BCUT2D eigenvalue weighted by molar-refractivity contribution is 14.0. The van der Waals surface area contributed by atoms with E-state index >= 15 is 0 Å². The molecule has 0 saturated carbocycles. The zero-order chi connectivity index (χ0) is 21.1. The lowest BCUT2D eigenvalue weighted by atomic mass is 10.1. The van der Waals surface area contributed by atoms with Crippen LogP contribution in [0.15, 0.2) is 47.5 Å². The van der Waals surface area contributed by atoms with Gasteiger partial charge in [-0.05, 0) is 36.2 Å². The first-order valence-corrected chi connectivity index (χ1v) is 9.63. The number of nitrogens with zero attached hydrogens (tertiary/aromatic N) is 1. The number of carbonyl (C=O) groups excluding carboxylic acids is 1. The van der Waals surface area contributed by atoms with Crippen LogP contribution in [0.5, 0.6) is 11.5 Å². The van der Waals surface area contributed by atoms with Gasteiger partial charge in [-0.1, -0.05) is 19.1 Å². The molecule has 0 aliphatic carbocycles. The van der Waals surface area contributed by atoms with Crippen molar-refractivity contribution in [2.75, 3.05) is 27.8 Å². The number of rotatable bonds is 9. The molecular formula is C22H31IN4O3. The summed E-state index contributed by atoms with van der Waals surface area (Å²) >= 11 is 0. The molecule has 164 valence electrons. The average molecular weight is 526 g/mol. The summed E-state index contributed by atoms with van der Waals surface area (Å²) in [5, 5.41) is 9.43. The summed E-state index contributed by atoms with van der Waals surface area (Å²) in [7, 11) is 4.98. The van der Waals surface area contributed by atoms with Crippen LogP contribution in [0, 0.1) is 0 Å². The SMILES string of the molecule is CCCNC(=O)c1cccc(CNC(=NC)NCc2ccc(OC)cc2OC)c1.I. The summed E-state index contributed by atoms with van der Waals surface area (Å²) in [5.41, 5.74) is 2.65. The number of methoxy groups -OCH3 is 2. The van der Waals surface area contributed by atoms with Crippen molar-refractivity contribution in [1.29, 1.82) is 0 Å². The lowest BCUT2D eigenvalue weighted by Crippen LogP contribution is -2.36. The fourth-order valence-corrected chi connectivity index (χ4v) is 2.75. The second-order valence-corrected chi connectivity index (χ2v) is 6.41. The molecule has 0 aromatic heterocycles. The van der Waals surface area contributed by atoms with Crippen LogP contribution in [0.3, 0.4) is 0 Å². The number of nitrogens with one attached hydrogen (secondary N) is 3. The Labute approximate surface area is 195 Å². The van der Waals surface area contributed by atoms with E-state index in [1.807, 2.05) is 49.4 Å². The molecule has 3 N–H and O–H groups in total. The Kier molecular flexibility index (Phi) is 11.7. The maximum absolute atomic E-state index is 12.1. The van der Waals surface area contributed by atoms with Gasteiger partial charge in [0.2, 0.25) is 0 Å². The molecule has 0 spiro atoms. The molecule has 0 unspecified atom stereocenters. The Bertz CT molecular complexity index is 843. The van der Waals surface area contributed by atoms with Crippen molar-refractivity contribution in [2.45, 2.75) is 26.4 Å². The summed E-state index contributed by atoms with van der Waals surface area (Å²) in [6, 6.07) is 13.3. The number of carbonyl (C=O) groups is 1. The molecule has 2 aromatic rings. The molecule has 0 heterocycles. The van der Waals surface area contributed by atoms with E-state index in [2.05, 4.69) is 20.9 Å². The van der Waals surface area contributed by atoms with Gasteiger partial charge in [-0.25, -0.2) is 0 Å². The van der Waals surface area contributed by atoms with Crippen molar-refractivity contribution in [3.63, 3.8) is 0 Å². The van der Waals surface area contributed by atoms with Crippen LogP contribution in [0.1, 0.15) is 34.8 Å². The van der Waals surface area contributed by atoms with Gasteiger partial charge in [-0.15, -0.1) is 24.0 Å². The molecule has 0 bridgehead atoms. The van der Waals surface area contributed by atoms with E-state index in [-0.39, 0.29) is 29.9 Å². The lowest BCUT2D eigenvalue weighted by Gasteiger charge is -2.15. The highest BCUT2D eigenvalue weighted by Gasteiger charge is 2.08. The molecule has 0 saturated heterocycles. The van der Waals surface area contributed by atoms with Gasteiger partial charge in [0.25, 0.3) is 5.91 Å². The van der Waals surface area contributed by atoms with Crippen LogP contribution in [0.25, 0.3) is 0 Å². The molecular weight excluding hydrogens is 495 g/mol. The number of halogens is 1. The predicted molar refractivity (Wildman–Crippen MR) is 131 cm³/mol. The second-order valence-electron chi connectivity index (χ2n) is 6.41. The predicted octanol–water partition coefficient (Wildman–Crippen LogP) is 3.33. The van der Waals surface area contributed by atoms with Crippen LogP contribution >= 0.6 is 24.0 Å². The second kappa shape index (κ2) is 13.7. The maximum Gasteiger partial charge on any atom is 0.251 e. The van der Waals surface area contributed by atoms with E-state index in [4.69, 9.17) is 9.47 Å². The van der Waals surface area contributed by atoms with Crippen molar-refractivity contribution in [3.05, 3.63) is 59.2 Å². The Hall–Kier alpha value is -2.49. The van der Waals surface area contributed by atoms with E-state index < -0.39 is 0 Å². The normalized spacial score (nSPS) is 10.6. The van der Waals surface area contributed by atoms with Crippen molar-refractivity contribution in [3.8, 4) is 11.5 Å². The van der Waals surface area contributed by atoms with Crippen molar-refractivity contribution >= 4 is 35.8 Å². The minimum atomic E-state index is -0.0530. The molecule has 0 aliphatic heterocycles. The van der Waals surface area contributed by atoms with Crippen LogP contribution in [0.2, 0.25) is 0 Å². The maximum atomic E-state index is 12.1. The average Bonchev–Trinajstić information content (AvgIpc) is 2.77. The number of benzene rings is 2. The van der Waals surface area contributed by atoms with Gasteiger partial charge in [-0.3, -0.25) is 9.79 Å². The van der Waals surface area contributed by atoms with Gasteiger partial charge < -0.3 is 25.4 Å². The first-order chi connectivity index (χ1) is 14.1. The van der Waals surface area contributed by atoms with E-state index in [1.54, 1.807) is 21.3 Å². The molecule has 2 aromatic carbocycles. The minimum Gasteiger partial charge on any atom is -0.497 e. The first-order valence-electron chi connectivity index (χ1n) is 9.63. The first kappa shape index (κ1) is 25.5. The number of aliphatic imine (C=N–C) groups is 1. The van der Waals surface area contributed by atoms with E-state index in [1.165, 1.54) is 0 Å². The Morgan fingerprint density at radius 1 is 1.00 bits per heavy atom. The molecule has 2 rings (SSSR count). The van der Waals surface area contributed by atoms with Crippen LogP contribution in [0.4, 0.5) is 0 Å². The van der Waals surface area contributed by atoms with Crippen LogP contribution in [-0.2, 0) is 13.1 Å². The van der Waals surface area contributed by atoms with Gasteiger partial charge in [0.1, 0.15) is 11.5 Å². The molecule has 0 atom stereocenters. The highest BCUT2D eigenvalue weighted by atomic mass is 127. The molecule has 1 amide bonds. The standard InChI is InChI=1S/C22H30N4O3.HI/c1-5-11-24-21(27)17-8-6-7-16(12-17)14-25-22(23-2)26-15-18-9-10-19(28-3)13-20(18)29-4;/h6-10,12-13H,5,11,14-15H2,1-4H3,(H,24,27)(H2,23,25,26);1H. The molecule has 7 nitrogen and oxygen atoms in total. The summed E-state index contributed by atoms with van der Waals surface area (Å²) in [6.07, 6.45) is 0.911. The van der Waals surface area contributed by atoms with Crippen LogP contribution in [-0.4, -0.2) is 39.7 Å². The zero-order valence-corrected chi connectivity index (χ0v) is 20.3. The number of hydrogen-bond acceptors (Lipinski definition) is 4. The lowest BCUT2D eigenvalue weighted by molar-refractivity contribution is 0.0953. The van der Waals surface area contributed by atoms with Gasteiger partial charge in [0, 0.05) is 43.9 Å². The van der Waals surface area contributed by atoms with Gasteiger partial charge >= 0.3 is 0 Å². The number of amides is 1. The van der Waals surface area contributed by atoms with Gasteiger partial charge in [-0.2, -0.15) is 0 Å².